The van der Waals surface area contributed by atoms with E-state index in [9.17, 15) is 0 Å². The molecule has 0 aromatic carbocycles. The minimum Gasteiger partial charge on any atom is -0.400 e. The van der Waals surface area contributed by atoms with Crippen molar-refractivity contribution in [2.75, 3.05) is 0 Å². The van der Waals surface area contributed by atoms with Gasteiger partial charge in [-0.3, -0.25) is 5.26 Å². The molecule has 1 saturated carbocycles. The van der Waals surface area contributed by atoms with E-state index in [1.54, 1.807) is 0 Å². The van der Waals surface area contributed by atoms with Gasteiger partial charge in [0.15, 0.2) is 0 Å². The van der Waals surface area contributed by atoms with Crippen LogP contribution in [0.15, 0.2) is 0 Å². The summed E-state index contributed by atoms with van der Waals surface area (Å²) in [5, 5.41) is 16.1. The van der Waals surface area contributed by atoms with Gasteiger partial charge in [0, 0.05) is 6.10 Å². The summed E-state index contributed by atoms with van der Waals surface area (Å²) in [6, 6.07) is 0. The lowest BCUT2D eigenvalue weighted by Gasteiger charge is -1.98. The third-order valence-electron chi connectivity index (χ3n) is 0.923. The topological polar surface area (TPSA) is 58.9 Å². The zero-order valence-corrected chi connectivity index (χ0v) is 4.28. The van der Waals surface area contributed by atoms with Crippen molar-refractivity contribution >= 4 is 7.32 Å². The van der Waals surface area contributed by atoms with Crippen molar-refractivity contribution in [3.05, 3.63) is 0 Å². The average Bonchev–Trinajstić information content (AvgIpc) is 2.50. The van der Waals surface area contributed by atoms with E-state index in [1.807, 2.05) is 0 Å². The Bertz CT molecular complexity index is 73.7. The Hall–Kier alpha value is -0.0951. The van der Waals surface area contributed by atoms with Crippen molar-refractivity contribution in [2.45, 2.75) is 18.9 Å². The van der Waals surface area contributed by atoms with Gasteiger partial charge in [-0.15, -0.1) is 0 Å². The maximum atomic E-state index is 8.37. The average molecular weight is 118 g/mol. The number of hydrogen-bond donors (Lipinski definition) is 2. The molecule has 46 valence electrons. The van der Waals surface area contributed by atoms with Gasteiger partial charge in [-0.25, -0.2) is 4.81 Å². The van der Waals surface area contributed by atoms with Gasteiger partial charge in [-0.1, -0.05) is 0 Å². The van der Waals surface area contributed by atoms with E-state index in [1.165, 1.54) is 0 Å². The molecule has 2 N–H and O–H groups in total. The Morgan fingerprint density at radius 1 is 1.50 bits per heavy atom. The smallest absolute Gasteiger partial charge is 0.400 e. The minimum atomic E-state index is -1.46. The SMILES string of the molecule is OOB(O)OC1CC1. The molecule has 0 saturated heterocycles. The summed E-state index contributed by atoms with van der Waals surface area (Å²) in [5.74, 6) is 0. The second kappa shape index (κ2) is 2.45. The van der Waals surface area contributed by atoms with Crippen LogP contribution in [0.4, 0.5) is 0 Å². The predicted molar refractivity (Wildman–Crippen MR) is 25.8 cm³/mol. The summed E-state index contributed by atoms with van der Waals surface area (Å²) in [4.78, 5) is 3.43. The van der Waals surface area contributed by atoms with Crippen LogP contribution in [0.1, 0.15) is 12.8 Å². The molecule has 0 radical (unpaired) electrons. The highest BCUT2D eigenvalue weighted by molar-refractivity contribution is 6.34. The quantitative estimate of drug-likeness (QED) is 0.301. The molecule has 0 unspecified atom stereocenters. The van der Waals surface area contributed by atoms with Gasteiger partial charge in [-0.05, 0) is 12.8 Å². The molecule has 0 amide bonds. The Kier molecular flexibility index (Phi) is 1.85. The van der Waals surface area contributed by atoms with E-state index in [-0.39, 0.29) is 6.10 Å². The van der Waals surface area contributed by atoms with Crippen LogP contribution in [-0.2, 0) is 9.46 Å². The molecule has 1 fully saturated rings. The normalized spacial score (nSPS) is 18.8. The van der Waals surface area contributed by atoms with Crippen molar-refractivity contribution in [1.82, 2.24) is 0 Å². The van der Waals surface area contributed by atoms with Crippen molar-refractivity contribution in [3.8, 4) is 0 Å². The highest BCUT2D eigenvalue weighted by Gasteiger charge is 2.29. The second-order valence-electron chi connectivity index (χ2n) is 1.75. The summed E-state index contributed by atoms with van der Waals surface area (Å²) >= 11 is 0. The Labute approximate surface area is 47.1 Å². The Morgan fingerprint density at radius 3 is 2.50 bits per heavy atom. The lowest BCUT2D eigenvalue weighted by atomic mass is 10.3. The van der Waals surface area contributed by atoms with E-state index in [0.29, 0.717) is 0 Å². The molecule has 4 nitrogen and oxygen atoms in total. The molecular formula is C3H7BO4. The zero-order chi connectivity index (χ0) is 5.98. The first-order chi connectivity index (χ1) is 3.83. The summed E-state index contributed by atoms with van der Waals surface area (Å²) < 4.78 is 4.59. The maximum Gasteiger partial charge on any atom is 0.665 e. The fraction of sp³-hybridized carbons (Fsp3) is 1.00. The van der Waals surface area contributed by atoms with E-state index in [4.69, 9.17) is 10.3 Å². The molecule has 0 aromatic heterocycles. The van der Waals surface area contributed by atoms with Gasteiger partial charge in [0.2, 0.25) is 0 Å². The molecule has 0 aromatic rings. The van der Waals surface area contributed by atoms with Crippen molar-refractivity contribution in [3.63, 3.8) is 0 Å². The van der Waals surface area contributed by atoms with E-state index in [2.05, 4.69) is 9.46 Å². The highest BCUT2D eigenvalue weighted by Crippen LogP contribution is 2.23. The summed E-state index contributed by atoms with van der Waals surface area (Å²) in [6.07, 6.45) is 1.98. The molecule has 8 heavy (non-hydrogen) atoms. The van der Waals surface area contributed by atoms with Gasteiger partial charge in [-0.2, -0.15) is 0 Å². The molecule has 0 aliphatic heterocycles. The zero-order valence-electron chi connectivity index (χ0n) is 4.28. The van der Waals surface area contributed by atoms with Crippen LogP contribution in [0, 0.1) is 0 Å². The number of rotatable bonds is 3. The third-order valence-corrected chi connectivity index (χ3v) is 0.923. The molecular weight excluding hydrogens is 111 g/mol. The molecule has 0 heterocycles. The lowest BCUT2D eigenvalue weighted by molar-refractivity contribution is -0.179. The highest BCUT2D eigenvalue weighted by atomic mass is 17.1. The van der Waals surface area contributed by atoms with Crippen molar-refractivity contribution < 1.29 is 19.7 Å². The Balaban J connectivity index is 1.98. The molecule has 0 spiro atoms. The summed E-state index contributed by atoms with van der Waals surface area (Å²) in [6.45, 7) is 0. The van der Waals surface area contributed by atoms with Crippen LogP contribution in [-0.4, -0.2) is 23.7 Å². The van der Waals surface area contributed by atoms with Crippen LogP contribution in [0.2, 0.25) is 0 Å². The van der Waals surface area contributed by atoms with E-state index in [0.717, 1.165) is 12.8 Å². The first-order valence-electron chi connectivity index (χ1n) is 2.46. The number of hydrogen-bond acceptors (Lipinski definition) is 4. The van der Waals surface area contributed by atoms with Gasteiger partial charge in [0.1, 0.15) is 0 Å². The van der Waals surface area contributed by atoms with E-state index < -0.39 is 7.32 Å². The Morgan fingerprint density at radius 2 is 2.12 bits per heavy atom. The first-order valence-corrected chi connectivity index (χ1v) is 2.46. The summed E-state index contributed by atoms with van der Waals surface area (Å²) in [7, 11) is -1.46. The lowest BCUT2D eigenvalue weighted by Crippen LogP contribution is -2.21. The van der Waals surface area contributed by atoms with Crippen LogP contribution in [0.25, 0.3) is 0 Å². The van der Waals surface area contributed by atoms with Crippen LogP contribution < -0.4 is 0 Å². The largest absolute Gasteiger partial charge is 0.665 e. The van der Waals surface area contributed by atoms with Crippen LogP contribution in [0.5, 0.6) is 0 Å². The first kappa shape index (κ1) is 6.03. The monoisotopic (exact) mass is 118 g/mol. The molecule has 0 bridgehead atoms. The van der Waals surface area contributed by atoms with Crippen LogP contribution in [0.3, 0.4) is 0 Å². The van der Waals surface area contributed by atoms with Gasteiger partial charge in [0.05, 0.1) is 0 Å². The maximum absolute atomic E-state index is 8.37. The predicted octanol–water partition coefficient (Wildman–Crippen LogP) is -0.368. The molecule has 1 aliphatic carbocycles. The van der Waals surface area contributed by atoms with Crippen LogP contribution >= 0.6 is 0 Å². The fourth-order valence-electron chi connectivity index (χ4n) is 0.394. The second-order valence-corrected chi connectivity index (χ2v) is 1.75. The third kappa shape index (κ3) is 1.79. The molecule has 1 aliphatic rings. The standard InChI is InChI=1S/C3H7BO4/c5-4(8-6)7-3-1-2-3/h3,5-6H,1-2H2. The van der Waals surface area contributed by atoms with Gasteiger partial charge >= 0.3 is 7.32 Å². The molecule has 5 heteroatoms. The van der Waals surface area contributed by atoms with E-state index >= 15 is 0 Å². The summed E-state index contributed by atoms with van der Waals surface area (Å²) in [5.41, 5.74) is 0. The van der Waals surface area contributed by atoms with Crippen molar-refractivity contribution in [2.24, 2.45) is 0 Å². The molecule has 0 atom stereocenters. The molecule has 1 rings (SSSR count). The fourth-order valence-corrected chi connectivity index (χ4v) is 0.394. The van der Waals surface area contributed by atoms with Gasteiger partial charge in [0.25, 0.3) is 0 Å². The minimum absolute atomic E-state index is 0.0946. The van der Waals surface area contributed by atoms with Crippen molar-refractivity contribution in [1.29, 1.82) is 0 Å². The van der Waals surface area contributed by atoms with Gasteiger partial charge < -0.3 is 9.68 Å².